The van der Waals surface area contributed by atoms with Crippen LogP contribution in [0.5, 0.6) is 0 Å². The third kappa shape index (κ3) is 4.47. The molecular weight excluding hydrogens is 401 g/mol. The molecule has 1 fully saturated rings. The molecule has 2 atom stereocenters. The molecule has 1 saturated heterocycles. The molecule has 2 N–H and O–H groups in total. The van der Waals surface area contributed by atoms with Crippen LogP contribution in [0.2, 0.25) is 10.0 Å². The van der Waals surface area contributed by atoms with Gasteiger partial charge in [0.15, 0.2) is 5.82 Å². The number of halogens is 3. The molecule has 7 nitrogen and oxygen atoms in total. The molecule has 0 radical (unpaired) electrons. The molecule has 142 valence electrons. The molecule has 0 bridgehead atoms. The van der Waals surface area contributed by atoms with Crippen molar-refractivity contribution in [3.63, 3.8) is 0 Å². The summed E-state index contributed by atoms with van der Waals surface area (Å²) in [4.78, 5) is 19.0. The Morgan fingerprint density at radius 3 is 2.96 bits per heavy atom. The van der Waals surface area contributed by atoms with Gasteiger partial charge >= 0.3 is 0 Å². The Kier molecular flexibility index (Phi) is 7.25. The molecule has 2 aromatic rings. The first kappa shape index (κ1) is 20.9. The molecule has 1 amide bonds. The number of amides is 1. The Morgan fingerprint density at radius 1 is 1.46 bits per heavy atom. The van der Waals surface area contributed by atoms with Gasteiger partial charge in [-0.15, -0.1) is 12.4 Å². The second kappa shape index (κ2) is 9.01. The average molecular weight is 421 g/mol. The molecule has 1 aliphatic rings. The van der Waals surface area contributed by atoms with Crippen LogP contribution in [0.3, 0.4) is 0 Å². The van der Waals surface area contributed by atoms with Gasteiger partial charge in [-0.1, -0.05) is 34.4 Å². The number of benzene rings is 1. The van der Waals surface area contributed by atoms with Crippen LogP contribution in [-0.4, -0.2) is 47.6 Å². The first-order valence-electron chi connectivity index (χ1n) is 7.96. The van der Waals surface area contributed by atoms with Gasteiger partial charge in [0.25, 0.3) is 5.91 Å². The second-order valence-corrected chi connectivity index (χ2v) is 6.77. The first-order chi connectivity index (χ1) is 12.0. The van der Waals surface area contributed by atoms with Gasteiger partial charge in [0.1, 0.15) is 6.04 Å². The van der Waals surface area contributed by atoms with E-state index in [1.54, 1.807) is 25.1 Å². The highest BCUT2D eigenvalue weighted by atomic mass is 35.5. The van der Waals surface area contributed by atoms with Crippen molar-refractivity contribution in [1.82, 2.24) is 25.7 Å². The third-order valence-electron chi connectivity index (χ3n) is 4.18. The number of hydrogen-bond donors (Lipinski definition) is 2. The van der Waals surface area contributed by atoms with Gasteiger partial charge in [-0.2, -0.15) is 4.98 Å². The number of piperazine rings is 1. The highest BCUT2D eigenvalue weighted by Crippen LogP contribution is 2.26. The molecule has 0 aliphatic carbocycles. The quantitative estimate of drug-likeness (QED) is 0.791. The lowest BCUT2D eigenvalue weighted by molar-refractivity contribution is 0.0932. The number of rotatable bonds is 4. The van der Waals surface area contributed by atoms with Crippen molar-refractivity contribution in [2.75, 3.05) is 26.7 Å². The van der Waals surface area contributed by atoms with E-state index in [0.717, 1.165) is 19.6 Å². The predicted octanol–water partition coefficient (Wildman–Crippen LogP) is 2.87. The Balaban J connectivity index is 0.00000243. The van der Waals surface area contributed by atoms with E-state index in [0.29, 0.717) is 22.3 Å². The Labute approximate surface area is 167 Å². The summed E-state index contributed by atoms with van der Waals surface area (Å²) in [6.07, 6.45) is 0. The maximum atomic E-state index is 12.4. The van der Waals surface area contributed by atoms with Crippen LogP contribution in [0.15, 0.2) is 22.7 Å². The van der Waals surface area contributed by atoms with Crippen molar-refractivity contribution in [2.24, 2.45) is 0 Å². The lowest BCUT2D eigenvalue weighted by Crippen LogP contribution is -2.44. The van der Waals surface area contributed by atoms with Crippen molar-refractivity contribution in [3.8, 4) is 0 Å². The molecular formula is C16H20Cl3N5O2. The van der Waals surface area contributed by atoms with Gasteiger partial charge in [-0.3, -0.25) is 9.69 Å². The molecule has 2 heterocycles. The lowest BCUT2D eigenvalue weighted by Gasteiger charge is -2.30. The highest BCUT2D eigenvalue weighted by Gasteiger charge is 2.27. The largest absolute Gasteiger partial charge is 0.340 e. The zero-order valence-corrected chi connectivity index (χ0v) is 16.7. The van der Waals surface area contributed by atoms with E-state index < -0.39 is 6.04 Å². The highest BCUT2D eigenvalue weighted by molar-refractivity contribution is 6.43. The summed E-state index contributed by atoms with van der Waals surface area (Å²) in [5, 5.41) is 10.7. The summed E-state index contributed by atoms with van der Waals surface area (Å²) in [6, 6.07) is 4.51. The van der Waals surface area contributed by atoms with Gasteiger partial charge in [-0.25, -0.2) is 0 Å². The summed E-state index contributed by atoms with van der Waals surface area (Å²) < 4.78 is 5.33. The van der Waals surface area contributed by atoms with Crippen molar-refractivity contribution >= 4 is 41.5 Å². The lowest BCUT2D eigenvalue weighted by atomic mass is 10.2. The zero-order chi connectivity index (χ0) is 18.0. The Bertz CT molecular complexity index is 770. The Hall–Kier alpha value is -1.38. The molecule has 0 spiro atoms. The fraction of sp³-hybridized carbons (Fsp3) is 0.438. The second-order valence-electron chi connectivity index (χ2n) is 5.99. The number of nitrogens with zero attached hydrogens (tertiary/aromatic N) is 3. The minimum absolute atomic E-state index is 0. The van der Waals surface area contributed by atoms with E-state index in [1.807, 2.05) is 7.05 Å². The smallest absolute Gasteiger partial charge is 0.253 e. The summed E-state index contributed by atoms with van der Waals surface area (Å²) in [5.41, 5.74) is 0.303. The van der Waals surface area contributed by atoms with Gasteiger partial charge in [-0.05, 0) is 26.1 Å². The summed E-state index contributed by atoms with van der Waals surface area (Å²) in [5.74, 6) is 0.600. The summed E-state index contributed by atoms with van der Waals surface area (Å²) in [6.45, 7) is 4.38. The van der Waals surface area contributed by atoms with E-state index in [4.69, 9.17) is 27.7 Å². The molecule has 26 heavy (non-hydrogen) atoms. The van der Waals surface area contributed by atoms with Gasteiger partial charge in [0.05, 0.1) is 21.7 Å². The topological polar surface area (TPSA) is 83.3 Å². The van der Waals surface area contributed by atoms with Crippen LogP contribution in [0.25, 0.3) is 0 Å². The fourth-order valence-electron chi connectivity index (χ4n) is 2.67. The van der Waals surface area contributed by atoms with E-state index in [1.165, 1.54) is 0 Å². The van der Waals surface area contributed by atoms with Crippen molar-refractivity contribution in [3.05, 3.63) is 45.5 Å². The number of hydrogen-bond acceptors (Lipinski definition) is 6. The minimum atomic E-state index is -0.453. The minimum Gasteiger partial charge on any atom is -0.340 e. The number of carbonyl (C=O) groups excluding carboxylic acids is 1. The van der Waals surface area contributed by atoms with Crippen LogP contribution >= 0.6 is 35.6 Å². The van der Waals surface area contributed by atoms with Gasteiger partial charge in [0.2, 0.25) is 5.89 Å². The molecule has 3 rings (SSSR count). The zero-order valence-electron chi connectivity index (χ0n) is 14.3. The fourth-order valence-corrected chi connectivity index (χ4v) is 3.05. The van der Waals surface area contributed by atoms with E-state index >= 15 is 0 Å². The van der Waals surface area contributed by atoms with Crippen LogP contribution in [-0.2, 0) is 0 Å². The van der Waals surface area contributed by atoms with Crippen LogP contribution in [0.4, 0.5) is 0 Å². The van der Waals surface area contributed by atoms with Crippen LogP contribution < -0.4 is 10.6 Å². The van der Waals surface area contributed by atoms with E-state index in [-0.39, 0.29) is 29.4 Å². The normalized spacial score (nSPS) is 18.8. The molecule has 10 heteroatoms. The SMILES string of the molecule is CC(NC(=O)c1cccc(Cl)c1Cl)c1nc(C2CNCCN2C)no1.Cl. The number of likely N-dealkylation sites (N-methyl/N-ethyl adjacent to an activating group) is 1. The monoisotopic (exact) mass is 419 g/mol. The molecule has 0 saturated carbocycles. The first-order valence-corrected chi connectivity index (χ1v) is 8.72. The summed E-state index contributed by atoms with van der Waals surface area (Å²) in [7, 11) is 2.02. The standard InChI is InChI=1S/C16H19Cl2N5O2.ClH/c1-9(20-15(24)10-4-3-5-11(17)13(10)18)16-21-14(22-25-16)12-8-19-6-7-23(12)2;/h3-5,9,12,19H,6-8H2,1-2H3,(H,20,24);1H. The molecule has 1 aliphatic heterocycles. The van der Waals surface area contributed by atoms with Crippen molar-refractivity contribution < 1.29 is 9.32 Å². The summed E-state index contributed by atoms with van der Waals surface area (Å²) >= 11 is 12.0. The average Bonchev–Trinajstić information content (AvgIpc) is 3.07. The van der Waals surface area contributed by atoms with Gasteiger partial charge < -0.3 is 15.2 Å². The van der Waals surface area contributed by atoms with Crippen molar-refractivity contribution in [2.45, 2.75) is 19.0 Å². The van der Waals surface area contributed by atoms with E-state index in [9.17, 15) is 4.79 Å². The van der Waals surface area contributed by atoms with Crippen molar-refractivity contribution in [1.29, 1.82) is 0 Å². The van der Waals surface area contributed by atoms with Gasteiger partial charge in [0, 0.05) is 19.6 Å². The van der Waals surface area contributed by atoms with Crippen LogP contribution in [0.1, 0.15) is 41.1 Å². The maximum absolute atomic E-state index is 12.4. The van der Waals surface area contributed by atoms with E-state index in [2.05, 4.69) is 25.7 Å². The number of carbonyl (C=O) groups is 1. The van der Waals surface area contributed by atoms with Crippen LogP contribution in [0, 0.1) is 0 Å². The number of nitrogens with one attached hydrogen (secondary N) is 2. The molecule has 1 aromatic carbocycles. The Morgan fingerprint density at radius 2 is 2.23 bits per heavy atom. The maximum Gasteiger partial charge on any atom is 0.253 e. The molecule has 2 unspecified atom stereocenters. The molecule has 1 aromatic heterocycles. The third-order valence-corrected chi connectivity index (χ3v) is 5.00. The predicted molar refractivity (Wildman–Crippen MR) is 102 cm³/mol. The number of aromatic nitrogens is 2.